The number of benzene rings is 1. The van der Waals surface area contributed by atoms with Crippen LogP contribution in [0.15, 0.2) is 51.2 Å². The van der Waals surface area contributed by atoms with Crippen LogP contribution in [-0.2, 0) is 21.4 Å². The Bertz CT molecular complexity index is 1180. The molecule has 0 spiro atoms. The number of piperidine rings is 1. The van der Waals surface area contributed by atoms with Crippen LogP contribution >= 0.6 is 11.3 Å². The van der Waals surface area contributed by atoms with Crippen LogP contribution in [0, 0.1) is 19.8 Å². The van der Waals surface area contributed by atoms with Gasteiger partial charge in [-0.1, -0.05) is 11.2 Å². The number of rotatable bonds is 7. The third kappa shape index (κ3) is 4.83. The molecule has 3 aromatic rings. The number of carbonyl (C=O) groups excluding carboxylic acids is 1. The molecule has 176 valence electrons. The topological polar surface area (TPSA) is 93.0 Å². The first kappa shape index (κ1) is 23.5. The number of sulfonamides is 1. The smallest absolute Gasteiger partial charge is 0.248 e. The molecule has 1 unspecified atom stereocenters. The summed E-state index contributed by atoms with van der Waals surface area (Å²) in [4.78, 5) is 16.6. The number of carbonyl (C=O) groups is 1. The van der Waals surface area contributed by atoms with E-state index >= 15 is 0 Å². The van der Waals surface area contributed by atoms with E-state index in [2.05, 4.69) is 5.16 Å². The van der Waals surface area contributed by atoms with Crippen molar-refractivity contribution in [2.45, 2.75) is 38.1 Å². The van der Waals surface area contributed by atoms with Crippen molar-refractivity contribution >= 4 is 33.0 Å². The molecule has 0 N–H and O–H groups in total. The highest BCUT2D eigenvalue weighted by Gasteiger charge is 2.38. The van der Waals surface area contributed by atoms with Gasteiger partial charge in [0.2, 0.25) is 15.9 Å². The average Bonchev–Trinajstić information content (AvgIpc) is 3.46. The molecule has 3 heterocycles. The number of nitrogens with zero attached hydrogens (tertiary/aromatic N) is 3. The first-order chi connectivity index (χ1) is 15.8. The lowest BCUT2D eigenvalue weighted by molar-refractivity contribution is -0.123. The Morgan fingerprint density at radius 2 is 2.03 bits per heavy atom. The number of aryl methyl sites for hydroxylation is 2. The summed E-state index contributed by atoms with van der Waals surface area (Å²) in [6.45, 7) is 4.12. The summed E-state index contributed by atoms with van der Waals surface area (Å²) in [7, 11) is -2.21. The summed E-state index contributed by atoms with van der Waals surface area (Å²) in [5.74, 6) is 0.429. The van der Waals surface area contributed by atoms with Crippen molar-refractivity contribution in [2.75, 3.05) is 25.1 Å². The monoisotopic (exact) mass is 489 g/mol. The number of amides is 1. The predicted octanol–water partition coefficient (Wildman–Crippen LogP) is 4.00. The van der Waals surface area contributed by atoms with Gasteiger partial charge in [-0.2, -0.15) is 4.31 Å². The highest BCUT2D eigenvalue weighted by Crippen LogP contribution is 2.31. The van der Waals surface area contributed by atoms with E-state index in [4.69, 9.17) is 9.26 Å². The Labute approximate surface area is 197 Å². The lowest BCUT2D eigenvalue weighted by atomic mass is 9.97. The van der Waals surface area contributed by atoms with E-state index in [9.17, 15) is 13.2 Å². The van der Waals surface area contributed by atoms with Gasteiger partial charge in [-0.05, 0) is 62.4 Å². The van der Waals surface area contributed by atoms with Crippen molar-refractivity contribution in [3.8, 4) is 5.75 Å². The standard InChI is InChI=1S/C23H27N3O5S2/c1-16-22(17(2)31-24-16)33(28,29)25-12-4-6-18(14-25)23(27)26(15-21-7-5-13-32-21)19-8-10-20(30-3)11-9-19/h5,7-11,13,18H,4,6,12,14-15H2,1-3H3. The second kappa shape index (κ2) is 9.66. The molecule has 1 aliphatic rings. The lowest BCUT2D eigenvalue weighted by Gasteiger charge is -2.34. The van der Waals surface area contributed by atoms with E-state index in [1.165, 1.54) is 4.31 Å². The summed E-state index contributed by atoms with van der Waals surface area (Å²) < 4.78 is 38.3. The molecule has 1 aromatic carbocycles. The van der Waals surface area contributed by atoms with Crippen molar-refractivity contribution in [1.29, 1.82) is 0 Å². The first-order valence-electron chi connectivity index (χ1n) is 10.7. The third-order valence-corrected chi connectivity index (χ3v) is 8.81. The summed E-state index contributed by atoms with van der Waals surface area (Å²) in [6.07, 6.45) is 1.23. The Morgan fingerprint density at radius 3 is 2.64 bits per heavy atom. The highest BCUT2D eigenvalue weighted by atomic mass is 32.2. The van der Waals surface area contributed by atoms with E-state index in [0.29, 0.717) is 37.4 Å². The van der Waals surface area contributed by atoms with Gasteiger partial charge in [-0.25, -0.2) is 8.42 Å². The van der Waals surface area contributed by atoms with E-state index < -0.39 is 15.9 Å². The van der Waals surface area contributed by atoms with Crippen LogP contribution in [0.3, 0.4) is 0 Å². The number of hydrogen-bond acceptors (Lipinski definition) is 7. The zero-order chi connectivity index (χ0) is 23.6. The molecule has 33 heavy (non-hydrogen) atoms. The van der Waals surface area contributed by atoms with E-state index in [0.717, 1.165) is 10.6 Å². The molecular weight excluding hydrogens is 462 g/mol. The summed E-state index contributed by atoms with van der Waals surface area (Å²) in [5.41, 5.74) is 1.08. The molecule has 1 amide bonds. The van der Waals surface area contributed by atoms with Crippen LogP contribution in [0.2, 0.25) is 0 Å². The van der Waals surface area contributed by atoms with Crippen LogP contribution in [-0.4, -0.2) is 44.0 Å². The van der Waals surface area contributed by atoms with Gasteiger partial charge in [0, 0.05) is 23.7 Å². The van der Waals surface area contributed by atoms with Gasteiger partial charge in [0.1, 0.15) is 16.3 Å². The van der Waals surface area contributed by atoms with Gasteiger partial charge in [-0.15, -0.1) is 11.3 Å². The van der Waals surface area contributed by atoms with Gasteiger partial charge in [-0.3, -0.25) is 4.79 Å². The van der Waals surface area contributed by atoms with E-state index in [1.807, 2.05) is 41.8 Å². The van der Waals surface area contributed by atoms with Gasteiger partial charge < -0.3 is 14.2 Å². The SMILES string of the molecule is COc1ccc(N(Cc2cccs2)C(=O)C2CCCN(S(=O)(=O)c3c(C)noc3C)C2)cc1. The number of hydrogen-bond donors (Lipinski definition) is 0. The van der Waals surface area contributed by atoms with Gasteiger partial charge in [0.05, 0.1) is 19.6 Å². The number of aromatic nitrogens is 1. The maximum absolute atomic E-state index is 13.7. The second-order valence-electron chi connectivity index (χ2n) is 8.06. The Balaban J connectivity index is 1.60. The van der Waals surface area contributed by atoms with Crippen LogP contribution in [0.25, 0.3) is 0 Å². The molecule has 0 bridgehead atoms. The van der Waals surface area contributed by atoms with E-state index in [1.54, 1.807) is 37.2 Å². The molecule has 0 aliphatic carbocycles. The largest absolute Gasteiger partial charge is 0.497 e. The minimum atomic E-state index is -3.80. The Morgan fingerprint density at radius 1 is 1.27 bits per heavy atom. The fraction of sp³-hybridized carbons (Fsp3) is 0.391. The normalized spacial score (nSPS) is 17.1. The minimum absolute atomic E-state index is 0.0905. The molecule has 1 atom stereocenters. The third-order valence-electron chi connectivity index (χ3n) is 5.84. The molecule has 4 rings (SSSR count). The van der Waals surface area contributed by atoms with Gasteiger partial charge in [0.15, 0.2) is 5.76 Å². The fourth-order valence-corrected chi connectivity index (χ4v) is 6.68. The predicted molar refractivity (Wildman–Crippen MR) is 126 cm³/mol. The fourth-order valence-electron chi connectivity index (χ4n) is 4.17. The molecule has 10 heteroatoms. The molecule has 8 nitrogen and oxygen atoms in total. The number of methoxy groups -OCH3 is 1. The quantitative estimate of drug-likeness (QED) is 0.498. The first-order valence-corrected chi connectivity index (χ1v) is 13.0. The van der Waals surface area contributed by atoms with Crippen LogP contribution in [0.1, 0.15) is 29.2 Å². The van der Waals surface area contributed by atoms with Crippen LogP contribution in [0.4, 0.5) is 5.69 Å². The maximum atomic E-state index is 13.7. The Kier molecular flexibility index (Phi) is 6.87. The zero-order valence-electron chi connectivity index (χ0n) is 18.9. The summed E-state index contributed by atoms with van der Waals surface area (Å²) >= 11 is 1.58. The molecule has 1 saturated heterocycles. The molecule has 2 aromatic heterocycles. The molecule has 0 radical (unpaired) electrons. The lowest BCUT2D eigenvalue weighted by Crippen LogP contribution is -2.46. The van der Waals surface area contributed by atoms with Crippen LogP contribution in [0.5, 0.6) is 5.75 Å². The summed E-state index contributed by atoms with van der Waals surface area (Å²) in [5, 5.41) is 5.77. The van der Waals surface area contributed by atoms with Crippen molar-refractivity contribution in [1.82, 2.24) is 9.46 Å². The molecule has 1 fully saturated rings. The van der Waals surface area contributed by atoms with Crippen LogP contribution < -0.4 is 9.64 Å². The van der Waals surface area contributed by atoms with Crippen molar-refractivity contribution in [3.63, 3.8) is 0 Å². The minimum Gasteiger partial charge on any atom is -0.497 e. The van der Waals surface area contributed by atoms with Gasteiger partial charge >= 0.3 is 0 Å². The number of ether oxygens (including phenoxy) is 1. The highest BCUT2D eigenvalue weighted by molar-refractivity contribution is 7.89. The van der Waals surface area contributed by atoms with Crippen molar-refractivity contribution in [3.05, 3.63) is 58.1 Å². The number of thiophene rings is 1. The maximum Gasteiger partial charge on any atom is 0.248 e. The second-order valence-corrected chi connectivity index (χ2v) is 11.0. The number of anilines is 1. The van der Waals surface area contributed by atoms with Crippen molar-refractivity contribution < 1.29 is 22.5 Å². The van der Waals surface area contributed by atoms with Crippen molar-refractivity contribution in [2.24, 2.45) is 5.92 Å². The zero-order valence-corrected chi connectivity index (χ0v) is 20.5. The van der Waals surface area contributed by atoms with E-state index in [-0.39, 0.29) is 23.1 Å². The summed E-state index contributed by atoms with van der Waals surface area (Å²) in [6, 6.07) is 11.3. The average molecular weight is 490 g/mol. The van der Waals surface area contributed by atoms with Gasteiger partial charge in [0.25, 0.3) is 0 Å². The molecule has 0 saturated carbocycles. The molecule has 1 aliphatic heterocycles. The molecular formula is C23H27N3O5S2. The Hall–Kier alpha value is -2.69.